The molecule has 1 aliphatic rings. The number of carbonyl (C=O) groups excluding carboxylic acids is 1. The standard InChI is InChI=1S/C16H19NO3/c18-13(11-5-1-2-6-11)10-17-16(19)15-9-12-7-3-4-8-14(12)20-15/h3-4,7-9,11,13,18H,1-2,5-6,10H2,(H,17,19). The molecule has 20 heavy (non-hydrogen) atoms. The molecule has 1 saturated carbocycles. The van der Waals surface area contributed by atoms with E-state index in [2.05, 4.69) is 5.32 Å². The highest BCUT2D eigenvalue weighted by atomic mass is 16.3. The lowest BCUT2D eigenvalue weighted by molar-refractivity contribution is 0.0820. The van der Waals surface area contributed by atoms with Gasteiger partial charge in [0, 0.05) is 11.9 Å². The fourth-order valence-corrected chi connectivity index (χ4v) is 2.89. The van der Waals surface area contributed by atoms with E-state index in [1.807, 2.05) is 24.3 Å². The van der Waals surface area contributed by atoms with Gasteiger partial charge in [0.05, 0.1) is 6.10 Å². The Bertz CT molecular complexity index is 566. The Morgan fingerprint density at radius 2 is 2.10 bits per heavy atom. The first-order valence-corrected chi connectivity index (χ1v) is 7.19. The van der Waals surface area contributed by atoms with Crippen LogP contribution in [0.4, 0.5) is 0 Å². The van der Waals surface area contributed by atoms with E-state index in [9.17, 15) is 9.90 Å². The van der Waals surface area contributed by atoms with E-state index in [1.54, 1.807) is 6.07 Å². The number of aliphatic hydroxyl groups excluding tert-OH is 1. The van der Waals surface area contributed by atoms with Gasteiger partial charge in [-0.3, -0.25) is 4.79 Å². The van der Waals surface area contributed by atoms with Gasteiger partial charge in [-0.05, 0) is 30.9 Å². The number of para-hydroxylation sites is 1. The van der Waals surface area contributed by atoms with E-state index < -0.39 is 6.10 Å². The van der Waals surface area contributed by atoms with Gasteiger partial charge < -0.3 is 14.8 Å². The zero-order valence-corrected chi connectivity index (χ0v) is 11.3. The molecule has 1 aliphatic carbocycles. The molecular formula is C16H19NO3. The quantitative estimate of drug-likeness (QED) is 0.900. The highest BCUT2D eigenvalue weighted by molar-refractivity contribution is 5.96. The summed E-state index contributed by atoms with van der Waals surface area (Å²) in [5.74, 6) is 0.356. The van der Waals surface area contributed by atoms with Crippen LogP contribution in [-0.2, 0) is 0 Å². The third kappa shape index (κ3) is 2.70. The van der Waals surface area contributed by atoms with Crippen LogP contribution in [0.15, 0.2) is 34.7 Å². The van der Waals surface area contributed by atoms with Crippen LogP contribution in [0.2, 0.25) is 0 Å². The number of rotatable bonds is 4. The summed E-state index contributed by atoms with van der Waals surface area (Å²) in [6.07, 6.45) is 4.02. The van der Waals surface area contributed by atoms with Gasteiger partial charge in [-0.25, -0.2) is 0 Å². The van der Waals surface area contributed by atoms with Gasteiger partial charge in [0.25, 0.3) is 5.91 Å². The molecule has 106 valence electrons. The molecule has 1 heterocycles. The second-order valence-corrected chi connectivity index (χ2v) is 5.47. The number of carbonyl (C=O) groups is 1. The summed E-state index contributed by atoms with van der Waals surface area (Å²) in [5.41, 5.74) is 0.703. The fourth-order valence-electron chi connectivity index (χ4n) is 2.89. The average molecular weight is 273 g/mol. The minimum absolute atomic E-state index is 0.266. The smallest absolute Gasteiger partial charge is 0.287 e. The van der Waals surface area contributed by atoms with Gasteiger partial charge in [-0.1, -0.05) is 31.0 Å². The van der Waals surface area contributed by atoms with Gasteiger partial charge in [-0.2, -0.15) is 0 Å². The highest BCUT2D eigenvalue weighted by Crippen LogP contribution is 2.27. The maximum absolute atomic E-state index is 12.0. The van der Waals surface area contributed by atoms with Crippen molar-refractivity contribution in [3.05, 3.63) is 36.1 Å². The Labute approximate surface area is 117 Å². The molecule has 1 aromatic carbocycles. The van der Waals surface area contributed by atoms with Crippen LogP contribution in [0.3, 0.4) is 0 Å². The molecule has 4 nitrogen and oxygen atoms in total. The first-order valence-electron chi connectivity index (χ1n) is 7.19. The molecule has 1 aromatic heterocycles. The van der Waals surface area contributed by atoms with Gasteiger partial charge in [0.2, 0.25) is 0 Å². The highest BCUT2D eigenvalue weighted by Gasteiger charge is 2.24. The number of nitrogens with one attached hydrogen (secondary N) is 1. The Morgan fingerprint density at radius 3 is 2.85 bits per heavy atom. The van der Waals surface area contributed by atoms with Gasteiger partial charge in [0.15, 0.2) is 5.76 Å². The summed E-state index contributed by atoms with van der Waals surface area (Å²) >= 11 is 0. The second-order valence-electron chi connectivity index (χ2n) is 5.47. The topological polar surface area (TPSA) is 62.5 Å². The number of benzene rings is 1. The van der Waals surface area contributed by atoms with E-state index in [4.69, 9.17) is 4.42 Å². The van der Waals surface area contributed by atoms with E-state index in [0.29, 0.717) is 23.8 Å². The van der Waals surface area contributed by atoms with E-state index in [1.165, 1.54) is 12.8 Å². The summed E-state index contributed by atoms with van der Waals surface area (Å²) in [4.78, 5) is 12.0. The molecule has 2 aromatic rings. The number of amides is 1. The maximum Gasteiger partial charge on any atom is 0.287 e. The second kappa shape index (κ2) is 5.67. The van der Waals surface area contributed by atoms with Crippen LogP contribution >= 0.6 is 0 Å². The van der Waals surface area contributed by atoms with Crippen molar-refractivity contribution in [1.29, 1.82) is 0 Å². The molecule has 0 bridgehead atoms. The SMILES string of the molecule is O=C(NCC(O)C1CCCC1)c1cc2ccccc2o1. The van der Waals surface area contributed by atoms with Crippen LogP contribution in [0.25, 0.3) is 11.0 Å². The van der Waals surface area contributed by atoms with Crippen LogP contribution in [0, 0.1) is 5.92 Å². The van der Waals surface area contributed by atoms with Gasteiger partial charge >= 0.3 is 0 Å². The number of aliphatic hydroxyl groups is 1. The maximum atomic E-state index is 12.0. The largest absolute Gasteiger partial charge is 0.451 e. The lowest BCUT2D eigenvalue weighted by atomic mass is 10.0. The molecule has 1 amide bonds. The van der Waals surface area contributed by atoms with Crippen molar-refractivity contribution in [3.63, 3.8) is 0 Å². The van der Waals surface area contributed by atoms with Crippen LogP contribution < -0.4 is 5.32 Å². The molecule has 1 unspecified atom stereocenters. The zero-order valence-electron chi connectivity index (χ0n) is 11.3. The predicted molar refractivity (Wildman–Crippen MR) is 76.5 cm³/mol. The molecular weight excluding hydrogens is 254 g/mol. The molecule has 0 saturated heterocycles. The molecule has 2 N–H and O–H groups in total. The molecule has 3 rings (SSSR count). The fraction of sp³-hybridized carbons (Fsp3) is 0.438. The molecule has 0 spiro atoms. The van der Waals surface area contributed by atoms with E-state index in [-0.39, 0.29) is 5.91 Å². The Morgan fingerprint density at radius 1 is 1.35 bits per heavy atom. The third-order valence-corrected chi connectivity index (χ3v) is 4.07. The minimum atomic E-state index is -0.453. The number of hydrogen-bond acceptors (Lipinski definition) is 3. The van der Waals surface area contributed by atoms with Gasteiger partial charge in [-0.15, -0.1) is 0 Å². The first kappa shape index (κ1) is 13.2. The number of fused-ring (bicyclic) bond motifs is 1. The van der Waals surface area contributed by atoms with Crippen molar-refractivity contribution in [2.75, 3.05) is 6.54 Å². The third-order valence-electron chi connectivity index (χ3n) is 4.07. The molecule has 1 fully saturated rings. The van der Waals surface area contributed by atoms with Crippen molar-refractivity contribution in [1.82, 2.24) is 5.32 Å². The molecule has 0 aliphatic heterocycles. The molecule has 4 heteroatoms. The first-order chi connectivity index (χ1) is 9.74. The number of furan rings is 1. The van der Waals surface area contributed by atoms with Crippen molar-refractivity contribution >= 4 is 16.9 Å². The van der Waals surface area contributed by atoms with Crippen molar-refractivity contribution in [2.45, 2.75) is 31.8 Å². The lowest BCUT2D eigenvalue weighted by Gasteiger charge is -2.17. The monoisotopic (exact) mass is 273 g/mol. The van der Waals surface area contributed by atoms with Gasteiger partial charge in [0.1, 0.15) is 5.58 Å². The predicted octanol–water partition coefficient (Wildman–Crippen LogP) is 2.71. The summed E-state index contributed by atoms with van der Waals surface area (Å²) in [7, 11) is 0. The normalized spacial score (nSPS) is 17.4. The zero-order chi connectivity index (χ0) is 13.9. The Kier molecular flexibility index (Phi) is 3.74. The average Bonchev–Trinajstić information content (AvgIpc) is 3.12. The van der Waals surface area contributed by atoms with Crippen molar-refractivity contribution < 1.29 is 14.3 Å². The van der Waals surface area contributed by atoms with Crippen molar-refractivity contribution in [2.24, 2.45) is 5.92 Å². The van der Waals surface area contributed by atoms with E-state index in [0.717, 1.165) is 18.2 Å². The van der Waals surface area contributed by atoms with Crippen molar-refractivity contribution in [3.8, 4) is 0 Å². The lowest BCUT2D eigenvalue weighted by Crippen LogP contribution is -2.35. The summed E-state index contributed by atoms with van der Waals surface area (Å²) < 4.78 is 5.49. The summed E-state index contributed by atoms with van der Waals surface area (Å²) in [6, 6.07) is 9.25. The Balaban J connectivity index is 1.61. The molecule has 0 radical (unpaired) electrons. The number of hydrogen-bond donors (Lipinski definition) is 2. The van der Waals surface area contributed by atoms with Crippen LogP contribution in [0.5, 0.6) is 0 Å². The van der Waals surface area contributed by atoms with Crippen LogP contribution in [-0.4, -0.2) is 23.7 Å². The summed E-state index contributed by atoms with van der Waals surface area (Å²) in [6.45, 7) is 0.292. The molecule has 1 atom stereocenters. The van der Waals surface area contributed by atoms with E-state index >= 15 is 0 Å². The minimum Gasteiger partial charge on any atom is -0.451 e. The summed E-state index contributed by atoms with van der Waals surface area (Å²) in [5, 5.41) is 13.7. The Hall–Kier alpha value is -1.81. The van der Waals surface area contributed by atoms with Crippen LogP contribution in [0.1, 0.15) is 36.2 Å².